The standard InChI is InChI=1S/C27H24N4O4S2/c1-4-29-22-15-20(35-3)12-13-23(22)36-26(29)24-25(32)30(16-18-8-6-5-7-9-18)27(37-24)28-21-14-19(31(33)34)11-10-17(21)2/h5-15H,4,16H2,1-3H3/b26-24-,28-27?. The van der Waals surface area contributed by atoms with Gasteiger partial charge in [-0.2, -0.15) is 0 Å². The molecule has 1 fully saturated rings. The Morgan fingerprint density at radius 2 is 1.81 bits per heavy atom. The number of amides is 1. The number of non-ortho nitro benzene ring substituents is 1. The molecule has 10 heteroatoms. The highest BCUT2D eigenvalue weighted by Crippen LogP contribution is 2.51. The van der Waals surface area contributed by atoms with Crippen LogP contribution in [0.5, 0.6) is 5.75 Å². The van der Waals surface area contributed by atoms with Crippen molar-refractivity contribution in [2.45, 2.75) is 25.3 Å². The minimum Gasteiger partial charge on any atom is -0.497 e. The molecule has 0 aromatic heterocycles. The number of fused-ring (bicyclic) bond motifs is 1. The van der Waals surface area contributed by atoms with Crippen molar-refractivity contribution in [2.75, 3.05) is 18.6 Å². The molecule has 3 aromatic carbocycles. The number of rotatable bonds is 6. The van der Waals surface area contributed by atoms with Gasteiger partial charge in [-0.1, -0.05) is 48.2 Å². The number of aliphatic imine (C=N–C) groups is 1. The second-order valence-electron chi connectivity index (χ2n) is 8.42. The number of aryl methyl sites for hydroxylation is 1. The number of carbonyl (C=O) groups excluding carboxylic acids is 1. The smallest absolute Gasteiger partial charge is 0.271 e. The third kappa shape index (κ3) is 4.82. The quantitative estimate of drug-likeness (QED) is 0.204. The van der Waals surface area contributed by atoms with E-state index in [1.54, 1.807) is 29.8 Å². The number of nitro groups is 1. The Balaban J connectivity index is 1.60. The minimum absolute atomic E-state index is 0.0413. The predicted octanol–water partition coefficient (Wildman–Crippen LogP) is 6.48. The molecular weight excluding hydrogens is 508 g/mol. The first-order chi connectivity index (χ1) is 17.9. The van der Waals surface area contributed by atoms with Crippen LogP contribution in [0.4, 0.5) is 17.1 Å². The van der Waals surface area contributed by atoms with Crippen molar-refractivity contribution in [2.24, 2.45) is 4.99 Å². The van der Waals surface area contributed by atoms with Gasteiger partial charge < -0.3 is 9.64 Å². The summed E-state index contributed by atoms with van der Waals surface area (Å²) in [6.07, 6.45) is 0. The molecule has 0 atom stereocenters. The average molecular weight is 533 g/mol. The first-order valence-corrected chi connectivity index (χ1v) is 13.3. The third-order valence-electron chi connectivity index (χ3n) is 6.09. The van der Waals surface area contributed by atoms with E-state index in [1.807, 2.05) is 62.4 Å². The summed E-state index contributed by atoms with van der Waals surface area (Å²) in [6.45, 7) is 4.91. The number of hydrogen-bond acceptors (Lipinski definition) is 8. The normalized spacial score (nSPS) is 18.0. The van der Waals surface area contributed by atoms with Crippen LogP contribution in [-0.2, 0) is 11.3 Å². The van der Waals surface area contributed by atoms with E-state index in [0.717, 1.165) is 32.5 Å². The van der Waals surface area contributed by atoms with Gasteiger partial charge in [-0.25, -0.2) is 4.99 Å². The molecule has 2 aliphatic rings. The molecule has 1 saturated heterocycles. The van der Waals surface area contributed by atoms with Gasteiger partial charge in [0.1, 0.15) is 15.7 Å². The zero-order valence-electron chi connectivity index (χ0n) is 20.5. The van der Waals surface area contributed by atoms with E-state index in [1.165, 1.54) is 23.9 Å². The maximum Gasteiger partial charge on any atom is 0.271 e. The average Bonchev–Trinajstić information content (AvgIpc) is 3.42. The number of methoxy groups -OCH3 is 1. The van der Waals surface area contributed by atoms with Crippen LogP contribution >= 0.6 is 23.5 Å². The van der Waals surface area contributed by atoms with Crippen molar-refractivity contribution in [3.8, 4) is 5.75 Å². The lowest BCUT2D eigenvalue weighted by Crippen LogP contribution is -2.29. The van der Waals surface area contributed by atoms with Crippen LogP contribution in [0.1, 0.15) is 18.1 Å². The molecule has 3 aromatic rings. The first kappa shape index (κ1) is 24.9. The van der Waals surface area contributed by atoms with Crippen molar-refractivity contribution in [3.63, 3.8) is 0 Å². The fraction of sp³-hybridized carbons (Fsp3) is 0.185. The van der Waals surface area contributed by atoms with Crippen LogP contribution in [0.3, 0.4) is 0 Å². The lowest BCUT2D eigenvalue weighted by molar-refractivity contribution is -0.384. The van der Waals surface area contributed by atoms with E-state index in [2.05, 4.69) is 4.90 Å². The molecule has 5 rings (SSSR count). The lowest BCUT2D eigenvalue weighted by Gasteiger charge is -2.19. The molecule has 0 unspecified atom stereocenters. The monoisotopic (exact) mass is 532 g/mol. The topological polar surface area (TPSA) is 88.3 Å². The van der Waals surface area contributed by atoms with E-state index in [-0.39, 0.29) is 11.6 Å². The number of benzene rings is 3. The second kappa shape index (κ2) is 10.3. The predicted molar refractivity (Wildman–Crippen MR) is 148 cm³/mol. The minimum atomic E-state index is -0.439. The van der Waals surface area contributed by atoms with E-state index < -0.39 is 4.92 Å². The van der Waals surface area contributed by atoms with Crippen LogP contribution in [0.25, 0.3) is 0 Å². The third-order valence-corrected chi connectivity index (χ3v) is 8.46. The van der Waals surface area contributed by atoms with Crippen molar-refractivity contribution >= 4 is 51.7 Å². The Morgan fingerprint density at radius 3 is 2.51 bits per heavy atom. The number of amidine groups is 1. The molecule has 0 aliphatic carbocycles. The highest BCUT2D eigenvalue weighted by atomic mass is 32.2. The summed E-state index contributed by atoms with van der Waals surface area (Å²) in [5.74, 6) is 0.611. The number of nitro benzene ring substituents is 1. The summed E-state index contributed by atoms with van der Waals surface area (Å²) in [6, 6.07) is 20.2. The van der Waals surface area contributed by atoms with Crippen molar-refractivity contribution in [1.82, 2.24) is 4.90 Å². The molecular formula is C27H24N4O4S2. The molecule has 0 spiro atoms. The lowest BCUT2D eigenvalue weighted by atomic mass is 10.2. The molecule has 0 N–H and O–H groups in total. The molecule has 8 nitrogen and oxygen atoms in total. The van der Waals surface area contributed by atoms with Crippen molar-refractivity contribution < 1.29 is 14.5 Å². The second-order valence-corrected chi connectivity index (χ2v) is 10.4. The Kier molecular flexibility index (Phi) is 6.94. The van der Waals surface area contributed by atoms with Crippen LogP contribution in [0.2, 0.25) is 0 Å². The van der Waals surface area contributed by atoms with E-state index >= 15 is 0 Å². The Bertz CT molecular complexity index is 1460. The van der Waals surface area contributed by atoms with Gasteiger partial charge in [-0.05, 0) is 48.9 Å². The number of anilines is 1. The maximum atomic E-state index is 13.9. The molecule has 2 aliphatic heterocycles. The number of ether oxygens (including phenoxy) is 1. The van der Waals surface area contributed by atoms with E-state index in [4.69, 9.17) is 9.73 Å². The number of hydrogen-bond donors (Lipinski definition) is 0. The zero-order chi connectivity index (χ0) is 26.1. The summed E-state index contributed by atoms with van der Waals surface area (Å²) in [5, 5.41) is 12.7. The van der Waals surface area contributed by atoms with Gasteiger partial charge in [-0.3, -0.25) is 19.8 Å². The zero-order valence-corrected chi connectivity index (χ0v) is 22.1. The van der Waals surface area contributed by atoms with Crippen LogP contribution in [0, 0.1) is 17.0 Å². The van der Waals surface area contributed by atoms with E-state index in [9.17, 15) is 14.9 Å². The Hall–Kier alpha value is -3.76. The summed E-state index contributed by atoms with van der Waals surface area (Å²) in [7, 11) is 1.63. The molecule has 0 saturated carbocycles. The molecule has 188 valence electrons. The highest BCUT2D eigenvalue weighted by Gasteiger charge is 2.40. The number of carbonyl (C=O) groups is 1. The number of thioether (sulfide) groups is 2. The van der Waals surface area contributed by atoms with Crippen LogP contribution in [-0.4, -0.2) is 34.6 Å². The van der Waals surface area contributed by atoms with Crippen molar-refractivity contribution in [3.05, 3.63) is 97.9 Å². The number of nitrogens with zero attached hydrogens (tertiary/aromatic N) is 4. The van der Waals surface area contributed by atoms with E-state index in [0.29, 0.717) is 28.8 Å². The largest absolute Gasteiger partial charge is 0.497 e. The Morgan fingerprint density at radius 1 is 1.03 bits per heavy atom. The van der Waals surface area contributed by atoms with Gasteiger partial charge in [0, 0.05) is 29.6 Å². The summed E-state index contributed by atoms with van der Waals surface area (Å²) in [5.41, 5.74) is 3.17. The van der Waals surface area contributed by atoms with Gasteiger partial charge in [-0.15, -0.1) is 0 Å². The maximum absolute atomic E-state index is 13.9. The highest BCUT2D eigenvalue weighted by molar-refractivity contribution is 8.19. The van der Waals surface area contributed by atoms with Gasteiger partial charge in [0.2, 0.25) is 0 Å². The molecule has 0 bridgehead atoms. The summed E-state index contributed by atoms with van der Waals surface area (Å²) >= 11 is 2.86. The van der Waals surface area contributed by atoms with Gasteiger partial charge in [0.15, 0.2) is 5.17 Å². The molecule has 37 heavy (non-hydrogen) atoms. The SMILES string of the molecule is CCN1/C(=C2/SC(=Nc3cc([N+](=O)[O-])ccc3C)N(Cc3ccccc3)C2=O)Sc2ccc(OC)cc21. The van der Waals surface area contributed by atoms with Gasteiger partial charge >= 0.3 is 0 Å². The van der Waals surface area contributed by atoms with Gasteiger partial charge in [0.05, 0.1) is 30.0 Å². The summed E-state index contributed by atoms with van der Waals surface area (Å²) in [4.78, 5) is 35.0. The first-order valence-electron chi connectivity index (χ1n) is 11.6. The summed E-state index contributed by atoms with van der Waals surface area (Å²) < 4.78 is 5.42. The van der Waals surface area contributed by atoms with Crippen molar-refractivity contribution in [1.29, 1.82) is 0 Å². The molecule has 1 amide bonds. The van der Waals surface area contributed by atoms with Crippen LogP contribution < -0.4 is 9.64 Å². The van der Waals surface area contributed by atoms with Gasteiger partial charge in [0.25, 0.3) is 11.6 Å². The van der Waals surface area contributed by atoms with Crippen LogP contribution in [0.15, 0.2) is 86.6 Å². The fourth-order valence-corrected chi connectivity index (χ4v) is 6.50. The Labute approximate surface area is 223 Å². The molecule has 2 heterocycles. The fourth-order valence-electron chi connectivity index (χ4n) is 4.13. The molecule has 0 radical (unpaired) electrons.